The molecule has 2 amide bonds. The summed E-state index contributed by atoms with van der Waals surface area (Å²) in [5.74, 6) is -0.256. The summed E-state index contributed by atoms with van der Waals surface area (Å²) in [5.41, 5.74) is 13.7. The van der Waals surface area contributed by atoms with Gasteiger partial charge >= 0.3 is 6.03 Å². The molecule has 2 aromatic rings. The van der Waals surface area contributed by atoms with Gasteiger partial charge in [0, 0.05) is 0 Å². The number of carbonyl (C=O) groups excluding carboxylic acids is 1. The number of benzene rings is 2. The second-order valence-electron chi connectivity index (χ2n) is 4.88. The molecule has 2 rings (SSSR count). The molecule has 5 heteroatoms. The van der Waals surface area contributed by atoms with Gasteiger partial charge in [0.05, 0.1) is 6.04 Å². The van der Waals surface area contributed by atoms with E-state index in [9.17, 15) is 4.79 Å². The Kier molecular flexibility index (Phi) is 5.14. The number of nitrogens with zero attached hydrogens (tertiary/aromatic N) is 1. The van der Waals surface area contributed by atoms with Crippen LogP contribution in [0.2, 0.25) is 0 Å². The zero-order valence-corrected chi connectivity index (χ0v) is 12.5. The first-order valence-electron chi connectivity index (χ1n) is 7.14. The number of hydrogen-bond acceptors (Lipinski definition) is 1. The Morgan fingerprint density at radius 3 is 2.36 bits per heavy atom. The van der Waals surface area contributed by atoms with Gasteiger partial charge in [-0.2, -0.15) is 4.99 Å². The number of aryl methyl sites for hydroxylation is 1. The minimum Gasteiger partial charge on any atom is -0.370 e. The molecule has 1 atom stereocenters. The Labute approximate surface area is 130 Å². The second kappa shape index (κ2) is 7.26. The van der Waals surface area contributed by atoms with Gasteiger partial charge in [0.15, 0.2) is 5.96 Å². The Morgan fingerprint density at radius 1 is 1.09 bits per heavy atom. The molecule has 0 radical (unpaired) electrons. The summed E-state index contributed by atoms with van der Waals surface area (Å²) in [7, 11) is 0. The number of aliphatic imine (C=N–C) groups is 1. The van der Waals surface area contributed by atoms with Crippen LogP contribution in [0.1, 0.15) is 29.7 Å². The quantitative estimate of drug-likeness (QED) is 0.597. The van der Waals surface area contributed by atoms with Crippen molar-refractivity contribution in [2.45, 2.75) is 19.4 Å². The molecule has 0 aliphatic carbocycles. The van der Waals surface area contributed by atoms with Gasteiger partial charge in [-0.05, 0) is 23.1 Å². The number of guanidine groups is 1. The van der Waals surface area contributed by atoms with Gasteiger partial charge in [-0.3, -0.25) is 0 Å². The van der Waals surface area contributed by atoms with Crippen molar-refractivity contribution in [3.63, 3.8) is 0 Å². The van der Waals surface area contributed by atoms with E-state index in [0.717, 1.165) is 17.5 Å². The maximum absolute atomic E-state index is 12.0. The average Bonchev–Trinajstić information content (AvgIpc) is 2.53. The monoisotopic (exact) mass is 296 g/mol. The lowest BCUT2D eigenvalue weighted by Crippen LogP contribution is -2.32. The van der Waals surface area contributed by atoms with E-state index in [1.807, 2.05) is 48.5 Å². The summed E-state index contributed by atoms with van der Waals surface area (Å²) in [5, 5.41) is 2.87. The van der Waals surface area contributed by atoms with E-state index in [1.165, 1.54) is 5.56 Å². The number of urea groups is 1. The average molecular weight is 296 g/mol. The largest absolute Gasteiger partial charge is 0.370 e. The molecule has 1 unspecified atom stereocenters. The molecule has 0 bridgehead atoms. The third-order valence-corrected chi connectivity index (χ3v) is 3.38. The third kappa shape index (κ3) is 3.85. The van der Waals surface area contributed by atoms with E-state index in [2.05, 4.69) is 23.3 Å². The van der Waals surface area contributed by atoms with E-state index < -0.39 is 6.03 Å². The fourth-order valence-electron chi connectivity index (χ4n) is 2.40. The van der Waals surface area contributed by atoms with Crippen LogP contribution in [0.4, 0.5) is 4.79 Å². The van der Waals surface area contributed by atoms with Crippen molar-refractivity contribution in [3.05, 3.63) is 71.3 Å². The summed E-state index contributed by atoms with van der Waals surface area (Å²) in [6.07, 6.45) is 0.873. The first-order valence-corrected chi connectivity index (χ1v) is 7.14. The Bertz CT molecular complexity index is 663. The highest BCUT2D eigenvalue weighted by molar-refractivity contribution is 5.90. The molecule has 0 saturated heterocycles. The summed E-state index contributed by atoms with van der Waals surface area (Å²) in [4.78, 5) is 15.5. The van der Waals surface area contributed by atoms with Crippen LogP contribution in [0.25, 0.3) is 0 Å². The maximum Gasteiger partial charge on any atom is 0.344 e. The molecular formula is C17H20N4O. The topological polar surface area (TPSA) is 93.5 Å². The fraction of sp³-hybridized carbons (Fsp3) is 0.176. The lowest BCUT2D eigenvalue weighted by atomic mass is 9.93. The molecule has 0 fully saturated rings. The van der Waals surface area contributed by atoms with E-state index in [-0.39, 0.29) is 12.0 Å². The van der Waals surface area contributed by atoms with E-state index in [4.69, 9.17) is 11.5 Å². The van der Waals surface area contributed by atoms with E-state index in [1.54, 1.807) is 0 Å². The van der Waals surface area contributed by atoms with Crippen LogP contribution in [0, 0.1) is 0 Å². The SMILES string of the molecule is CCc1ccccc1C(NC(=O)N=C(N)N)c1ccccc1. The molecule has 114 valence electrons. The summed E-state index contributed by atoms with van der Waals surface area (Å²) >= 11 is 0. The molecule has 0 aliphatic heterocycles. The summed E-state index contributed by atoms with van der Waals surface area (Å²) in [6, 6.07) is 16.9. The van der Waals surface area contributed by atoms with Crippen molar-refractivity contribution in [1.82, 2.24) is 5.32 Å². The van der Waals surface area contributed by atoms with Crippen LogP contribution < -0.4 is 16.8 Å². The zero-order valence-electron chi connectivity index (χ0n) is 12.5. The van der Waals surface area contributed by atoms with Crippen LogP contribution >= 0.6 is 0 Å². The van der Waals surface area contributed by atoms with Crippen molar-refractivity contribution in [3.8, 4) is 0 Å². The predicted molar refractivity (Wildman–Crippen MR) is 88.4 cm³/mol. The van der Waals surface area contributed by atoms with Crippen molar-refractivity contribution >= 4 is 12.0 Å². The molecule has 2 aromatic carbocycles. The Morgan fingerprint density at radius 2 is 1.73 bits per heavy atom. The van der Waals surface area contributed by atoms with Crippen LogP contribution in [-0.4, -0.2) is 12.0 Å². The molecule has 5 nitrogen and oxygen atoms in total. The highest BCUT2D eigenvalue weighted by atomic mass is 16.2. The molecule has 0 heterocycles. The molecule has 0 spiro atoms. The predicted octanol–water partition coefficient (Wildman–Crippen LogP) is 2.32. The molecule has 0 aromatic heterocycles. The van der Waals surface area contributed by atoms with Crippen LogP contribution in [0.3, 0.4) is 0 Å². The standard InChI is InChI=1S/C17H20N4O/c1-2-12-8-6-7-11-14(12)15(13-9-4-3-5-10-13)20-17(22)21-16(18)19/h3-11,15H,2H2,1H3,(H5,18,19,20,21,22). The van der Waals surface area contributed by atoms with Crippen molar-refractivity contribution in [2.24, 2.45) is 16.5 Å². The molecule has 22 heavy (non-hydrogen) atoms. The third-order valence-electron chi connectivity index (χ3n) is 3.38. The Hall–Kier alpha value is -2.82. The molecule has 5 N–H and O–H groups in total. The highest BCUT2D eigenvalue weighted by Crippen LogP contribution is 2.25. The lowest BCUT2D eigenvalue weighted by Gasteiger charge is -2.21. The zero-order chi connectivity index (χ0) is 15.9. The van der Waals surface area contributed by atoms with Gasteiger partial charge in [0.25, 0.3) is 0 Å². The van der Waals surface area contributed by atoms with E-state index >= 15 is 0 Å². The maximum atomic E-state index is 12.0. The van der Waals surface area contributed by atoms with Gasteiger partial charge in [-0.1, -0.05) is 61.5 Å². The van der Waals surface area contributed by atoms with Gasteiger partial charge in [-0.25, -0.2) is 4.79 Å². The number of amides is 2. The number of rotatable bonds is 4. The number of carbonyl (C=O) groups is 1. The van der Waals surface area contributed by atoms with Crippen molar-refractivity contribution < 1.29 is 4.79 Å². The van der Waals surface area contributed by atoms with E-state index in [0.29, 0.717) is 0 Å². The summed E-state index contributed by atoms with van der Waals surface area (Å²) < 4.78 is 0. The first-order chi connectivity index (χ1) is 10.6. The summed E-state index contributed by atoms with van der Waals surface area (Å²) in [6.45, 7) is 2.08. The number of nitrogens with two attached hydrogens (primary N) is 2. The normalized spacial score (nSPS) is 11.5. The van der Waals surface area contributed by atoms with Gasteiger partial charge in [-0.15, -0.1) is 0 Å². The fourth-order valence-corrected chi connectivity index (χ4v) is 2.40. The molecule has 0 saturated carbocycles. The highest BCUT2D eigenvalue weighted by Gasteiger charge is 2.18. The smallest absolute Gasteiger partial charge is 0.344 e. The minimum atomic E-state index is -0.556. The number of nitrogens with one attached hydrogen (secondary N) is 1. The van der Waals surface area contributed by atoms with Crippen LogP contribution in [0.5, 0.6) is 0 Å². The van der Waals surface area contributed by atoms with Crippen molar-refractivity contribution in [1.29, 1.82) is 0 Å². The first kappa shape index (κ1) is 15.6. The second-order valence-corrected chi connectivity index (χ2v) is 4.88. The minimum absolute atomic E-state index is 0.256. The Balaban J connectivity index is 2.42. The molecule has 0 aliphatic rings. The van der Waals surface area contributed by atoms with Crippen LogP contribution in [0.15, 0.2) is 59.6 Å². The van der Waals surface area contributed by atoms with Gasteiger partial charge in [0.1, 0.15) is 0 Å². The molecular weight excluding hydrogens is 276 g/mol. The van der Waals surface area contributed by atoms with Gasteiger partial charge in [0.2, 0.25) is 0 Å². The van der Waals surface area contributed by atoms with Gasteiger partial charge < -0.3 is 16.8 Å². The van der Waals surface area contributed by atoms with Crippen LogP contribution in [-0.2, 0) is 6.42 Å². The van der Waals surface area contributed by atoms with Crippen molar-refractivity contribution in [2.75, 3.05) is 0 Å². The number of hydrogen-bond donors (Lipinski definition) is 3. The lowest BCUT2D eigenvalue weighted by molar-refractivity contribution is 0.247.